The molecule has 1 aliphatic carbocycles. The van der Waals surface area contributed by atoms with E-state index >= 15 is 0 Å². The molecule has 3 heterocycles. The Kier molecular flexibility index (Phi) is 5.44. The first kappa shape index (κ1) is 23.1. The predicted octanol–water partition coefficient (Wildman–Crippen LogP) is -0.0978. The van der Waals surface area contributed by atoms with Crippen molar-refractivity contribution >= 4 is 20.9 Å². The van der Waals surface area contributed by atoms with Crippen LogP contribution in [0, 0.1) is 0 Å². The number of hydrogen-bond acceptors (Lipinski definition) is 7. The predicted molar refractivity (Wildman–Crippen MR) is 123 cm³/mol. The fourth-order valence-corrected chi connectivity index (χ4v) is 5.45. The van der Waals surface area contributed by atoms with Crippen molar-refractivity contribution in [3.05, 3.63) is 68.9 Å². The molecule has 0 bridgehead atoms. The molecule has 1 aliphatic rings. The summed E-state index contributed by atoms with van der Waals surface area (Å²) in [5.41, 5.74) is -0.952. The second kappa shape index (κ2) is 8.23. The van der Waals surface area contributed by atoms with Gasteiger partial charge in [-0.05, 0) is 31.0 Å². The topological polar surface area (TPSA) is 139 Å². The van der Waals surface area contributed by atoms with E-state index in [2.05, 4.69) is 20.0 Å². The maximum atomic E-state index is 13.4. The normalized spacial score (nSPS) is 15.1. The number of rotatable bonds is 8. The highest BCUT2D eigenvalue weighted by atomic mass is 32.2. The van der Waals surface area contributed by atoms with Crippen LogP contribution in [0.2, 0.25) is 0 Å². The Balaban J connectivity index is 1.68. The van der Waals surface area contributed by atoms with Gasteiger partial charge >= 0.3 is 5.69 Å². The third-order valence-corrected chi connectivity index (χ3v) is 7.61. The molecule has 4 aromatic rings. The first-order valence-electron chi connectivity index (χ1n) is 10.8. The molecule has 0 atom stereocenters. The number of benzene rings is 1. The average Bonchev–Trinajstić information content (AvgIpc) is 3.26. The number of hydrogen-bond donors (Lipinski definition) is 1. The molecule has 1 fully saturated rings. The number of aryl methyl sites for hydroxylation is 2. The summed E-state index contributed by atoms with van der Waals surface area (Å²) < 4.78 is 45.5. The maximum absolute atomic E-state index is 13.4. The van der Waals surface area contributed by atoms with Crippen LogP contribution in [-0.2, 0) is 37.2 Å². The zero-order valence-electron chi connectivity index (χ0n) is 19.0. The first-order valence-corrected chi connectivity index (χ1v) is 12.3. The molecule has 12 nitrogen and oxygen atoms in total. The lowest BCUT2D eigenvalue weighted by Gasteiger charge is -2.16. The van der Waals surface area contributed by atoms with Gasteiger partial charge in [-0.15, -0.1) is 0 Å². The molecule has 0 aliphatic heterocycles. The van der Waals surface area contributed by atoms with Gasteiger partial charge in [0.25, 0.3) is 5.56 Å². The van der Waals surface area contributed by atoms with Crippen molar-refractivity contribution in [3.8, 4) is 0 Å². The molecule has 0 spiro atoms. The van der Waals surface area contributed by atoms with E-state index in [0.717, 1.165) is 4.57 Å². The number of nitrogens with zero attached hydrogens (tertiary/aromatic N) is 7. The van der Waals surface area contributed by atoms with Gasteiger partial charge in [0, 0.05) is 25.9 Å². The van der Waals surface area contributed by atoms with Gasteiger partial charge in [-0.25, -0.2) is 22.3 Å². The van der Waals surface area contributed by atoms with Crippen molar-refractivity contribution in [1.82, 2.24) is 38.6 Å². The zero-order chi connectivity index (χ0) is 25.0. The molecule has 35 heavy (non-hydrogen) atoms. The molecule has 0 amide bonds. The highest BCUT2D eigenvalue weighted by Gasteiger charge is 2.46. The highest BCUT2D eigenvalue weighted by Crippen LogP contribution is 2.37. The van der Waals surface area contributed by atoms with Crippen molar-refractivity contribution in [2.75, 3.05) is 6.67 Å². The van der Waals surface area contributed by atoms with Crippen LogP contribution in [0.5, 0.6) is 0 Å². The minimum atomic E-state index is -4.09. The Morgan fingerprint density at radius 2 is 1.86 bits per heavy atom. The molecule has 3 aromatic heterocycles. The van der Waals surface area contributed by atoms with Crippen LogP contribution in [-0.4, -0.2) is 54.5 Å². The molecule has 0 unspecified atom stereocenters. The Morgan fingerprint density at radius 3 is 2.46 bits per heavy atom. The summed E-state index contributed by atoms with van der Waals surface area (Å²) >= 11 is 0. The Morgan fingerprint density at radius 1 is 1.09 bits per heavy atom. The molecule has 5 rings (SSSR count). The second-order valence-electron chi connectivity index (χ2n) is 8.81. The van der Waals surface area contributed by atoms with Crippen molar-refractivity contribution in [2.45, 2.75) is 36.4 Å². The van der Waals surface area contributed by atoms with E-state index in [0.29, 0.717) is 24.1 Å². The SMILES string of the molecule is Cn1cc(Cn2c(=O)c3cc(S(=O)(=O)NC4(CF)CC4)ccc3n(Cc3cnn(C)n3)c2=O)cn1. The van der Waals surface area contributed by atoms with Gasteiger partial charge in [0.05, 0.1) is 46.8 Å². The minimum absolute atomic E-state index is 0.0196. The van der Waals surface area contributed by atoms with E-state index in [1.165, 1.54) is 33.8 Å². The van der Waals surface area contributed by atoms with Gasteiger partial charge in [0.1, 0.15) is 12.4 Å². The highest BCUT2D eigenvalue weighted by molar-refractivity contribution is 7.89. The van der Waals surface area contributed by atoms with Gasteiger partial charge in [-0.2, -0.15) is 20.1 Å². The molecule has 1 N–H and O–H groups in total. The lowest BCUT2D eigenvalue weighted by molar-refractivity contribution is 0.393. The smallest absolute Gasteiger partial charge is 0.287 e. The molecule has 14 heteroatoms. The Labute approximate surface area is 198 Å². The summed E-state index contributed by atoms with van der Waals surface area (Å²) in [6.45, 7) is -0.844. The molecule has 0 radical (unpaired) electrons. The van der Waals surface area contributed by atoms with Crippen LogP contribution in [0.15, 0.2) is 51.3 Å². The van der Waals surface area contributed by atoms with Gasteiger partial charge in [-0.1, -0.05) is 0 Å². The maximum Gasteiger partial charge on any atom is 0.332 e. The number of nitrogens with one attached hydrogen (secondary N) is 1. The van der Waals surface area contributed by atoms with Crippen LogP contribution in [0.25, 0.3) is 10.9 Å². The fourth-order valence-electron chi connectivity index (χ4n) is 3.98. The van der Waals surface area contributed by atoms with Crippen molar-refractivity contribution in [3.63, 3.8) is 0 Å². The zero-order valence-corrected chi connectivity index (χ0v) is 19.9. The number of sulfonamides is 1. The first-order chi connectivity index (χ1) is 16.6. The minimum Gasteiger partial charge on any atom is -0.287 e. The van der Waals surface area contributed by atoms with Crippen LogP contribution >= 0.6 is 0 Å². The van der Waals surface area contributed by atoms with Crippen LogP contribution < -0.4 is 16.0 Å². The number of aromatic nitrogens is 7. The summed E-state index contributed by atoms with van der Waals surface area (Å²) in [6.07, 6.45) is 5.54. The van der Waals surface area contributed by atoms with E-state index in [1.807, 2.05) is 0 Å². The second-order valence-corrected chi connectivity index (χ2v) is 10.5. The van der Waals surface area contributed by atoms with Crippen molar-refractivity contribution < 1.29 is 12.8 Å². The van der Waals surface area contributed by atoms with Crippen LogP contribution in [0.4, 0.5) is 4.39 Å². The van der Waals surface area contributed by atoms with Crippen molar-refractivity contribution in [1.29, 1.82) is 0 Å². The van der Waals surface area contributed by atoms with Gasteiger partial charge < -0.3 is 0 Å². The molecular weight excluding hydrogens is 479 g/mol. The molecular formula is C21H23FN8O4S. The van der Waals surface area contributed by atoms with Crippen LogP contribution in [0.1, 0.15) is 24.1 Å². The van der Waals surface area contributed by atoms with E-state index in [-0.39, 0.29) is 28.9 Å². The summed E-state index contributed by atoms with van der Waals surface area (Å²) in [6, 6.07) is 3.93. The summed E-state index contributed by atoms with van der Waals surface area (Å²) in [5, 5.41) is 12.3. The Bertz CT molecular complexity index is 1660. The third-order valence-electron chi connectivity index (χ3n) is 6.03. The molecule has 1 saturated carbocycles. The Hall–Kier alpha value is -3.65. The summed E-state index contributed by atoms with van der Waals surface area (Å²) in [7, 11) is -0.731. The molecule has 1 aromatic carbocycles. The van der Waals surface area contributed by atoms with E-state index in [1.54, 1.807) is 31.2 Å². The van der Waals surface area contributed by atoms with E-state index in [4.69, 9.17) is 0 Å². The largest absolute Gasteiger partial charge is 0.332 e. The number of alkyl halides is 1. The van der Waals surface area contributed by atoms with Gasteiger partial charge in [-0.3, -0.25) is 18.6 Å². The molecule has 0 saturated heterocycles. The number of halogens is 1. The standard InChI is InChI=1S/C21H23FN8O4S/c1-27-10-14(8-23-27)11-30-19(31)17-7-16(35(33,34)26-21(13-22)5-6-21)3-4-18(17)29(20(30)32)12-15-9-24-28(2)25-15/h3-4,7-10,26H,5-6,11-13H2,1-2H3. The average molecular weight is 503 g/mol. The third kappa shape index (κ3) is 4.30. The van der Waals surface area contributed by atoms with Gasteiger partial charge in [0.15, 0.2) is 0 Å². The monoisotopic (exact) mass is 502 g/mol. The summed E-state index contributed by atoms with van der Waals surface area (Å²) in [5.74, 6) is 0. The van der Waals surface area contributed by atoms with Crippen LogP contribution in [0.3, 0.4) is 0 Å². The molecule has 184 valence electrons. The van der Waals surface area contributed by atoms with E-state index in [9.17, 15) is 22.4 Å². The quantitative estimate of drug-likeness (QED) is 0.355. The van der Waals surface area contributed by atoms with E-state index < -0.39 is 33.5 Å². The lowest BCUT2D eigenvalue weighted by Crippen LogP contribution is -2.41. The lowest BCUT2D eigenvalue weighted by atomic mass is 10.2. The van der Waals surface area contributed by atoms with Gasteiger partial charge in [0.2, 0.25) is 10.0 Å². The van der Waals surface area contributed by atoms with Crippen molar-refractivity contribution in [2.24, 2.45) is 14.1 Å². The number of fused-ring (bicyclic) bond motifs is 1. The summed E-state index contributed by atoms with van der Waals surface area (Å²) in [4.78, 5) is 28.0. The fraction of sp³-hybridized carbons (Fsp3) is 0.381.